The topological polar surface area (TPSA) is 65.2 Å². The van der Waals surface area contributed by atoms with Crippen molar-refractivity contribution in [2.45, 2.75) is 19.8 Å². The highest BCUT2D eigenvalue weighted by atomic mass is 16.5. The van der Waals surface area contributed by atoms with Crippen LogP contribution in [0.4, 0.5) is 0 Å². The summed E-state index contributed by atoms with van der Waals surface area (Å²) in [6.07, 6.45) is 3.25. The molecule has 4 nitrogen and oxygen atoms in total. The number of pyridine rings is 1. The van der Waals surface area contributed by atoms with Crippen LogP contribution in [0, 0.1) is 0 Å². The molecule has 2 N–H and O–H groups in total. The summed E-state index contributed by atoms with van der Waals surface area (Å²) in [6, 6.07) is 3.71. The predicted octanol–water partition coefficient (Wildman–Crippen LogP) is 0.898. The van der Waals surface area contributed by atoms with E-state index in [1.54, 1.807) is 6.20 Å². The minimum atomic E-state index is -0.349. The number of aryl methyl sites for hydroxylation is 1. The average molecular weight is 194 g/mol. The fourth-order valence-electron chi connectivity index (χ4n) is 1.13. The van der Waals surface area contributed by atoms with Gasteiger partial charge in [0.2, 0.25) is 5.88 Å². The fourth-order valence-corrected chi connectivity index (χ4v) is 1.13. The van der Waals surface area contributed by atoms with Crippen LogP contribution in [0.5, 0.6) is 5.88 Å². The standard InChI is InChI=1S/C10H14N2O2/c1-8(13)14-10-9(4-2-6-11)5-3-7-12-10/h3,5,7H,2,4,6,11H2,1H3. The Morgan fingerprint density at radius 1 is 1.64 bits per heavy atom. The molecule has 0 saturated carbocycles. The van der Waals surface area contributed by atoms with Gasteiger partial charge in [-0.15, -0.1) is 0 Å². The highest BCUT2D eigenvalue weighted by Gasteiger charge is 2.05. The van der Waals surface area contributed by atoms with Crippen molar-refractivity contribution in [1.82, 2.24) is 4.98 Å². The normalized spacial score (nSPS) is 9.86. The molecule has 0 aliphatic heterocycles. The van der Waals surface area contributed by atoms with Crippen molar-refractivity contribution in [1.29, 1.82) is 0 Å². The van der Waals surface area contributed by atoms with E-state index in [1.807, 2.05) is 12.1 Å². The zero-order valence-electron chi connectivity index (χ0n) is 8.19. The number of aromatic nitrogens is 1. The minimum absolute atomic E-state index is 0.349. The van der Waals surface area contributed by atoms with E-state index in [4.69, 9.17) is 10.5 Å². The first-order chi connectivity index (χ1) is 6.74. The van der Waals surface area contributed by atoms with Gasteiger partial charge in [0, 0.05) is 18.7 Å². The lowest BCUT2D eigenvalue weighted by atomic mass is 10.1. The molecule has 0 fully saturated rings. The molecule has 0 aliphatic carbocycles. The largest absolute Gasteiger partial charge is 0.407 e. The minimum Gasteiger partial charge on any atom is -0.407 e. The maximum atomic E-state index is 10.8. The molecule has 76 valence electrons. The Morgan fingerprint density at radius 2 is 2.43 bits per heavy atom. The molecule has 0 aliphatic rings. The van der Waals surface area contributed by atoms with E-state index in [9.17, 15) is 4.79 Å². The van der Waals surface area contributed by atoms with Crippen molar-refractivity contribution in [3.05, 3.63) is 23.9 Å². The number of carbonyl (C=O) groups is 1. The van der Waals surface area contributed by atoms with Crippen molar-refractivity contribution < 1.29 is 9.53 Å². The highest BCUT2D eigenvalue weighted by molar-refractivity contribution is 5.69. The molecule has 1 aromatic heterocycles. The average Bonchev–Trinajstić information content (AvgIpc) is 2.16. The summed E-state index contributed by atoms with van der Waals surface area (Å²) < 4.78 is 4.95. The summed E-state index contributed by atoms with van der Waals surface area (Å²) >= 11 is 0. The lowest BCUT2D eigenvalue weighted by molar-refractivity contribution is -0.132. The Hall–Kier alpha value is -1.42. The molecule has 0 radical (unpaired) electrons. The van der Waals surface area contributed by atoms with Crippen molar-refractivity contribution in [2.24, 2.45) is 5.73 Å². The number of hydrogen-bond donors (Lipinski definition) is 1. The molecular weight excluding hydrogens is 180 g/mol. The van der Waals surface area contributed by atoms with Crippen molar-refractivity contribution in [3.8, 4) is 5.88 Å². The Bertz CT molecular complexity index is 313. The second kappa shape index (κ2) is 5.34. The third-order valence-electron chi connectivity index (χ3n) is 1.74. The van der Waals surface area contributed by atoms with E-state index in [0.29, 0.717) is 12.4 Å². The monoisotopic (exact) mass is 194 g/mol. The van der Waals surface area contributed by atoms with E-state index in [2.05, 4.69) is 4.98 Å². The van der Waals surface area contributed by atoms with Gasteiger partial charge in [0.1, 0.15) is 0 Å². The molecule has 0 saturated heterocycles. The van der Waals surface area contributed by atoms with Crippen molar-refractivity contribution >= 4 is 5.97 Å². The van der Waals surface area contributed by atoms with Crippen LogP contribution in [0.25, 0.3) is 0 Å². The second-order valence-corrected chi connectivity index (χ2v) is 2.95. The molecular formula is C10H14N2O2. The number of nitrogens with zero attached hydrogens (tertiary/aromatic N) is 1. The number of esters is 1. The summed E-state index contributed by atoms with van der Waals surface area (Å²) in [6.45, 7) is 1.98. The molecule has 0 unspecified atom stereocenters. The number of ether oxygens (including phenoxy) is 1. The zero-order chi connectivity index (χ0) is 10.4. The van der Waals surface area contributed by atoms with E-state index in [0.717, 1.165) is 18.4 Å². The molecule has 1 aromatic rings. The quantitative estimate of drug-likeness (QED) is 0.723. The molecule has 14 heavy (non-hydrogen) atoms. The van der Waals surface area contributed by atoms with Gasteiger partial charge in [0.05, 0.1) is 0 Å². The lowest BCUT2D eigenvalue weighted by Gasteiger charge is -2.05. The zero-order valence-corrected chi connectivity index (χ0v) is 8.19. The first kappa shape index (κ1) is 10.7. The Labute approximate surface area is 83.1 Å². The van der Waals surface area contributed by atoms with Gasteiger partial charge in [-0.1, -0.05) is 6.07 Å². The highest BCUT2D eigenvalue weighted by Crippen LogP contribution is 2.15. The molecule has 0 atom stereocenters. The Morgan fingerprint density at radius 3 is 3.07 bits per heavy atom. The van der Waals surface area contributed by atoms with Crippen LogP contribution in [-0.2, 0) is 11.2 Å². The van der Waals surface area contributed by atoms with E-state index in [-0.39, 0.29) is 5.97 Å². The molecule has 1 heterocycles. The first-order valence-electron chi connectivity index (χ1n) is 4.56. The van der Waals surface area contributed by atoms with Gasteiger partial charge >= 0.3 is 5.97 Å². The van der Waals surface area contributed by atoms with Gasteiger partial charge in [-0.2, -0.15) is 0 Å². The van der Waals surface area contributed by atoms with Crippen LogP contribution in [0.3, 0.4) is 0 Å². The fraction of sp³-hybridized carbons (Fsp3) is 0.400. The van der Waals surface area contributed by atoms with Crippen molar-refractivity contribution in [2.75, 3.05) is 6.54 Å². The van der Waals surface area contributed by atoms with Crippen LogP contribution in [0.1, 0.15) is 18.9 Å². The summed E-state index contributed by atoms with van der Waals surface area (Å²) in [5.41, 5.74) is 6.32. The van der Waals surface area contributed by atoms with Gasteiger partial charge in [0.25, 0.3) is 0 Å². The summed E-state index contributed by atoms with van der Waals surface area (Å²) in [4.78, 5) is 14.7. The molecule has 1 rings (SSSR count). The molecule has 0 amide bonds. The number of nitrogens with two attached hydrogens (primary N) is 1. The third kappa shape index (κ3) is 3.14. The number of carbonyl (C=O) groups excluding carboxylic acids is 1. The maximum Gasteiger partial charge on any atom is 0.309 e. The van der Waals surface area contributed by atoms with Crippen LogP contribution < -0.4 is 10.5 Å². The molecule has 4 heteroatoms. The van der Waals surface area contributed by atoms with Crippen LogP contribution >= 0.6 is 0 Å². The van der Waals surface area contributed by atoms with Gasteiger partial charge in [-0.3, -0.25) is 4.79 Å². The smallest absolute Gasteiger partial charge is 0.309 e. The van der Waals surface area contributed by atoms with Gasteiger partial charge in [0.15, 0.2) is 0 Å². The first-order valence-corrected chi connectivity index (χ1v) is 4.56. The second-order valence-electron chi connectivity index (χ2n) is 2.95. The SMILES string of the molecule is CC(=O)Oc1ncccc1CCCN. The number of rotatable bonds is 4. The summed E-state index contributed by atoms with van der Waals surface area (Å²) in [7, 11) is 0. The van der Waals surface area contributed by atoms with E-state index < -0.39 is 0 Å². The van der Waals surface area contributed by atoms with Gasteiger partial charge in [-0.25, -0.2) is 4.98 Å². The van der Waals surface area contributed by atoms with Crippen molar-refractivity contribution in [3.63, 3.8) is 0 Å². The van der Waals surface area contributed by atoms with Gasteiger partial charge < -0.3 is 10.5 Å². The summed E-state index contributed by atoms with van der Waals surface area (Å²) in [5, 5.41) is 0. The molecule has 0 aromatic carbocycles. The Balaban J connectivity index is 2.74. The number of hydrogen-bond acceptors (Lipinski definition) is 4. The summed E-state index contributed by atoms with van der Waals surface area (Å²) in [5.74, 6) is 0.0474. The van der Waals surface area contributed by atoms with E-state index in [1.165, 1.54) is 6.92 Å². The van der Waals surface area contributed by atoms with Crippen LogP contribution in [0.15, 0.2) is 18.3 Å². The molecule has 0 spiro atoms. The predicted molar refractivity (Wildman–Crippen MR) is 52.9 cm³/mol. The van der Waals surface area contributed by atoms with Gasteiger partial charge in [-0.05, 0) is 25.5 Å². The molecule has 0 bridgehead atoms. The Kier molecular flexibility index (Phi) is 4.07. The third-order valence-corrected chi connectivity index (χ3v) is 1.74. The lowest BCUT2D eigenvalue weighted by Crippen LogP contribution is -2.07. The van der Waals surface area contributed by atoms with Crippen LogP contribution in [0.2, 0.25) is 0 Å². The maximum absolute atomic E-state index is 10.8. The van der Waals surface area contributed by atoms with E-state index >= 15 is 0 Å². The van der Waals surface area contributed by atoms with Crippen LogP contribution in [-0.4, -0.2) is 17.5 Å².